The van der Waals surface area contributed by atoms with Gasteiger partial charge in [0, 0.05) is 6.42 Å². The van der Waals surface area contributed by atoms with Crippen LogP contribution in [-0.4, -0.2) is 11.9 Å². The Morgan fingerprint density at radius 1 is 1.18 bits per heavy atom. The van der Waals surface area contributed by atoms with E-state index in [2.05, 4.69) is 6.92 Å². The maximum atomic E-state index is 11.8. The zero-order valence-corrected chi connectivity index (χ0v) is 10.8. The largest absolute Gasteiger partial charge is 0.366 e. The number of carbonyl (C=O) groups excluding carboxylic acids is 1. The minimum atomic E-state index is -0.222. The summed E-state index contributed by atoms with van der Waals surface area (Å²) in [5, 5.41) is 0. The number of ketones is 1. The normalized spacial score (nSPS) is 12.4. The Kier molecular flexibility index (Phi) is 6.56. The van der Waals surface area contributed by atoms with Gasteiger partial charge in [-0.15, -0.1) is 0 Å². The zero-order chi connectivity index (χ0) is 12.5. The molecule has 0 aliphatic heterocycles. The van der Waals surface area contributed by atoms with Crippen LogP contribution in [0.3, 0.4) is 0 Å². The van der Waals surface area contributed by atoms with Crippen LogP contribution in [0.25, 0.3) is 0 Å². The first-order chi connectivity index (χ1) is 8.27. The smallest absolute Gasteiger partial charge is 0.161 e. The molecule has 0 fully saturated rings. The second-order valence-corrected chi connectivity index (χ2v) is 4.29. The lowest BCUT2D eigenvalue weighted by molar-refractivity contribution is -0.131. The molecule has 0 aliphatic rings. The molecule has 0 aliphatic carbocycles. The maximum Gasteiger partial charge on any atom is 0.161 e. The third-order valence-corrected chi connectivity index (χ3v) is 2.70. The molecule has 0 saturated carbocycles. The van der Waals surface area contributed by atoms with Crippen LogP contribution < -0.4 is 0 Å². The van der Waals surface area contributed by atoms with Gasteiger partial charge in [0.2, 0.25) is 0 Å². The van der Waals surface area contributed by atoms with Crippen molar-refractivity contribution in [2.75, 3.05) is 0 Å². The van der Waals surface area contributed by atoms with Gasteiger partial charge in [-0.25, -0.2) is 0 Å². The van der Waals surface area contributed by atoms with E-state index < -0.39 is 0 Å². The molecule has 0 spiro atoms. The highest BCUT2D eigenvalue weighted by molar-refractivity contribution is 5.82. The van der Waals surface area contributed by atoms with Crippen LogP contribution in [0.5, 0.6) is 0 Å². The van der Waals surface area contributed by atoms with E-state index in [0.29, 0.717) is 13.0 Å². The van der Waals surface area contributed by atoms with E-state index in [4.69, 9.17) is 4.74 Å². The molecule has 17 heavy (non-hydrogen) atoms. The van der Waals surface area contributed by atoms with E-state index in [9.17, 15) is 4.79 Å². The molecule has 0 aromatic heterocycles. The highest BCUT2D eigenvalue weighted by Crippen LogP contribution is 2.11. The predicted molar refractivity (Wildman–Crippen MR) is 69.8 cm³/mol. The number of carbonyl (C=O) groups is 1. The highest BCUT2D eigenvalue weighted by Gasteiger charge is 2.16. The summed E-state index contributed by atoms with van der Waals surface area (Å²) in [6, 6.07) is 10.00. The Morgan fingerprint density at radius 3 is 2.47 bits per heavy atom. The Labute approximate surface area is 104 Å². The van der Waals surface area contributed by atoms with Crippen molar-refractivity contribution in [2.45, 2.75) is 52.2 Å². The molecule has 94 valence electrons. The summed E-state index contributed by atoms with van der Waals surface area (Å²) < 4.78 is 5.73. The molecule has 1 unspecified atom stereocenters. The topological polar surface area (TPSA) is 26.3 Å². The van der Waals surface area contributed by atoms with Crippen LogP contribution in [-0.2, 0) is 16.1 Å². The van der Waals surface area contributed by atoms with Crippen molar-refractivity contribution in [1.82, 2.24) is 0 Å². The number of rotatable bonds is 8. The average Bonchev–Trinajstić information content (AvgIpc) is 2.36. The van der Waals surface area contributed by atoms with E-state index in [0.717, 1.165) is 24.8 Å². The molecule has 1 aromatic carbocycles. The van der Waals surface area contributed by atoms with Gasteiger partial charge < -0.3 is 4.74 Å². The van der Waals surface area contributed by atoms with Gasteiger partial charge in [-0.2, -0.15) is 0 Å². The first-order valence-electron chi connectivity index (χ1n) is 6.46. The molecular weight excluding hydrogens is 212 g/mol. The van der Waals surface area contributed by atoms with Gasteiger partial charge in [-0.3, -0.25) is 4.79 Å². The van der Waals surface area contributed by atoms with Crippen LogP contribution in [0, 0.1) is 0 Å². The van der Waals surface area contributed by atoms with Gasteiger partial charge >= 0.3 is 0 Å². The van der Waals surface area contributed by atoms with Crippen molar-refractivity contribution >= 4 is 5.78 Å². The van der Waals surface area contributed by atoms with Crippen molar-refractivity contribution in [3.8, 4) is 0 Å². The van der Waals surface area contributed by atoms with Gasteiger partial charge in [0.25, 0.3) is 0 Å². The molecule has 2 heteroatoms. The predicted octanol–water partition coefficient (Wildman–Crippen LogP) is 3.74. The lowest BCUT2D eigenvalue weighted by Gasteiger charge is -2.15. The van der Waals surface area contributed by atoms with Crippen LogP contribution in [0.15, 0.2) is 30.3 Å². The monoisotopic (exact) mass is 234 g/mol. The summed E-state index contributed by atoms with van der Waals surface area (Å²) in [5.41, 5.74) is 1.12. The van der Waals surface area contributed by atoms with Gasteiger partial charge in [0.05, 0.1) is 6.61 Å². The average molecular weight is 234 g/mol. The second-order valence-electron chi connectivity index (χ2n) is 4.29. The van der Waals surface area contributed by atoms with Crippen molar-refractivity contribution in [3.63, 3.8) is 0 Å². The SMILES string of the molecule is CCCC(=O)C(CCC)OCc1ccccc1. The standard InChI is InChI=1S/C15H22O2/c1-3-8-14(16)15(9-4-2)17-12-13-10-6-5-7-11-13/h5-7,10-11,15H,3-4,8-9,12H2,1-2H3. The first kappa shape index (κ1) is 13.9. The fourth-order valence-corrected chi connectivity index (χ4v) is 1.78. The highest BCUT2D eigenvalue weighted by atomic mass is 16.5. The second kappa shape index (κ2) is 8.02. The summed E-state index contributed by atoms with van der Waals surface area (Å²) in [6.45, 7) is 4.64. The van der Waals surface area contributed by atoms with Gasteiger partial charge in [-0.05, 0) is 18.4 Å². The van der Waals surface area contributed by atoms with Crippen molar-refractivity contribution in [3.05, 3.63) is 35.9 Å². The fraction of sp³-hybridized carbons (Fsp3) is 0.533. The lowest BCUT2D eigenvalue weighted by atomic mass is 10.1. The van der Waals surface area contributed by atoms with E-state index in [1.807, 2.05) is 37.3 Å². The molecule has 0 saturated heterocycles. The minimum Gasteiger partial charge on any atom is -0.366 e. The number of hydrogen-bond acceptors (Lipinski definition) is 2. The molecule has 1 rings (SSSR count). The van der Waals surface area contributed by atoms with Gasteiger partial charge in [0.15, 0.2) is 5.78 Å². The van der Waals surface area contributed by atoms with Crippen LogP contribution in [0.4, 0.5) is 0 Å². The molecule has 1 atom stereocenters. The molecule has 0 heterocycles. The summed E-state index contributed by atoms with van der Waals surface area (Å²) in [4.78, 5) is 11.8. The number of ether oxygens (including phenoxy) is 1. The Balaban J connectivity index is 2.47. The fourth-order valence-electron chi connectivity index (χ4n) is 1.78. The maximum absolute atomic E-state index is 11.8. The summed E-state index contributed by atoms with van der Waals surface area (Å²) in [7, 11) is 0. The molecular formula is C15H22O2. The molecule has 0 radical (unpaired) electrons. The molecule has 0 bridgehead atoms. The lowest BCUT2D eigenvalue weighted by Crippen LogP contribution is -2.23. The van der Waals surface area contributed by atoms with E-state index in [1.54, 1.807) is 0 Å². The van der Waals surface area contributed by atoms with Crippen LogP contribution >= 0.6 is 0 Å². The van der Waals surface area contributed by atoms with Crippen molar-refractivity contribution < 1.29 is 9.53 Å². The van der Waals surface area contributed by atoms with E-state index in [1.165, 1.54) is 0 Å². The van der Waals surface area contributed by atoms with Crippen molar-refractivity contribution in [2.24, 2.45) is 0 Å². The van der Waals surface area contributed by atoms with E-state index in [-0.39, 0.29) is 11.9 Å². The Hall–Kier alpha value is -1.15. The van der Waals surface area contributed by atoms with Gasteiger partial charge in [0.1, 0.15) is 6.10 Å². The number of Topliss-reactive ketones (excluding diaryl/α,β-unsaturated/α-hetero) is 1. The third-order valence-electron chi connectivity index (χ3n) is 2.70. The Bertz CT molecular complexity index is 319. The van der Waals surface area contributed by atoms with Gasteiger partial charge in [-0.1, -0.05) is 50.6 Å². The number of hydrogen-bond donors (Lipinski definition) is 0. The zero-order valence-electron chi connectivity index (χ0n) is 10.8. The summed E-state index contributed by atoms with van der Waals surface area (Å²) in [6.07, 6.45) is 3.11. The first-order valence-corrected chi connectivity index (χ1v) is 6.46. The summed E-state index contributed by atoms with van der Waals surface area (Å²) in [5.74, 6) is 0.241. The van der Waals surface area contributed by atoms with Crippen molar-refractivity contribution in [1.29, 1.82) is 0 Å². The Morgan fingerprint density at radius 2 is 1.88 bits per heavy atom. The minimum absolute atomic E-state index is 0.222. The third kappa shape index (κ3) is 5.14. The van der Waals surface area contributed by atoms with Crippen LogP contribution in [0.2, 0.25) is 0 Å². The summed E-state index contributed by atoms with van der Waals surface area (Å²) >= 11 is 0. The molecule has 0 amide bonds. The molecule has 0 N–H and O–H groups in total. The number of benzene rings is 1. The quantitative estimate of drug-likeness (QED) is 0.685. The van der Waals surface area contributed by atoms with Crippen LogP contribution in [0.1, 0.15) is 45.1 Å². The van der Waals surface area contributed by atoms with E-state index >= 15 is 0 Å². The molecule has 2 nitrogen and oxygen atoms in total. The molecule has 1 aromatic rings.